The van der Waals surface area contributed by atoms with Crippen LogP contribution in [0.2, 0.25) is 10.0 Å². The smallest absolute Gasteiger partial charge is 0.119 e. The third-order valence-electron chi connectivity index (χ3n) is 4.62. The molecule has 24 heavy (non-hydrogen) atoms. The number of nitrogens with two attached hydrogens (primary N) is 2. The Morgan fingerprint density at radius 2 is 1.96 bits per heavy atom. The van der Waals surface area contributed by atoms with Gasteiger partial charge in [0.25, 0.3) is 0 Å². The Bertz CT molecular complexity index is 721. The predicted molar refractivity (Wildman–Crippen MR) is 100 cm³/mol. The van der Waals surface area contributed by atoms with Crippen molar-refractivity contribution in [2.45, 2.75) is 31.2 Å². The minimum absolute atomic E-state index is 0.106. The van der Waals surface area contributed by atoms with E-state index < -0.39 is 0 Å². The summed E-state index contributed by atoms with van der Waals surface area (Å²) in [5.74, 6) is 1.06. The van der Waals surface area contributed by atoms with Gasteiger partial charge < -0.3 is 16.2 Å². The molecule has 2 unspecified atom stereocenters. The number of hydrogen-bond donors (Lipinski definition) is 2. The molecule has 1 aliphatic rings. The molecule has 0 heterocycles. The van der Waals surface area contributed by atoms with Crippen molar-refractivity contribution in [3.05, 3.63) is 63.1 Å². The first-order valence-corrected chi connectivity index (χ1v) is 8.99. The zero-order valence-corrected chi connectivity index (χ0v) is 15.0. The summed E-state index contributed by atoms with van der Waals surface area (Å²) in [7, 11) is 0. The van der Waals surface area contributed by atoms with E-state index >= 15 is 0 Å². The lowest BCUT2D eigenvalue weighted by atomic mass is 9.76. The highest BCUT2D eigenvalue weighted by molar-refractivity contribution is 6.35. The number of hydrogen-bond acceptors (Lipinski definition) is 3. The fourth-order valence-corrected chi connectivity index (χ4v) is 3.84. The third kappa shape index (κ3) is 3.86. The summed E-state index contributed by atoms with van der Waals surface area (Å²) in [6, 6.07) is 12.0. The van der Waals surface area contributed by atoms with Crippen molar-refractivity contribution in [1.29, 1.82) is 0 Å². The quantitative estimate of drug-likeness (QED) is 0.844. The van der Waals surface area contributed by atoms with Crippen molar-refractivity contribution in [3.8, 4) is 5.75 Å². The van der Waals surface area contributed by atoms with Crippen LogP contribution < -0.4 is 16.2 Å². The van der Waals surface area contributed by atoms with Crippen LogP contribution in [0.3, 0.4) is 0 Å². The molecule has 2 atom stereocenters. The topological polar surface area (TPSA) is 61.3 Å². The molecule has 5 heteroatoms. The molecule has 128 valence electrons. The van der Waals surface area contributed by atoms with Crippen LogP contribution >= 0.6 is 23.2 Å². The van der Waals surface area contributed by atoms with Gasteiger partial charge in [0.1, 0.15) is 12.4 Å². The van der Waals surface area contributed by atoms with Crippen molar-refractivity contribution in [2.75, 3.05) is 13.2 Å². The Morgan fingerprint density at radius 3 is 2.71 bits per heavy atom. The van der Waals surface area contributed by atoms with Gasteiger partial charge in [-0.3, -0.25) is 0 Å². The van der Waals surface area contributed by atoms with Gasteiger partial charge in [0.2, 0.25) is 0 Å². The lowest BCUT2D eigenvalue weighted by Gasteiger charge is -2.32. The van der Waals surface area contributed by atoms with E-state index in [1.807, 2.05) is 18.2 Å². The largest absolute Gasteiger partial charge is 0.492 e. The summed E-state index contributed by atoms with van der Waals surface area (Å²) in [5, 5.41) is 1.34. The molecule has 2 aromatic carbocycles. The van der Waals surface area contributed by atoms with Crippen LogP contribution in [0, 0.1) is 0 Å². The maximum Gasteiger partial charge on any atom is 0.119 e. The molecule has 3 nitrogen and oxygen atoms in total. The summed E-state index contributed by atoms with van der Waals surface area (Å²) in [6.45, 7) is 1.01. The Morgan fingerprint density at radius 1 is 1.12 bits per heavy atom. The lowest BCUT2D eigenvalue weighted by Crippen LogP contribution is -2.34. The molecule has 0 radical (unpaired) electrons. The average molecular weight is 365 g/mol. The number of halogens is 2. The van der Waals surface area contributed by atoms with Crippen LogP contribution in [0.4, 0.5) is 0 Å². The third-order valence-corrected chi connectivity index (χ3v) is 5.21. The number of ether oxygens (including phenoxy) is 1. The molecule has 4 N–H and O–H groups in total. The van der Waals surface area contributed by atoms with Crippen molar-refractivity contribution < 1.29 is 4.74 Å². The van der Waals surface area contributed by atoms with Crippen LogP contribution in [0.5, 0.6) is 5.75 Å². The Labute approximate surface area is 152 Å². The molecule has 0 saturated carbocycles. The molecular weight excluding hydrogens is 343 g/mol. The van der Waals surface area contributed by atoms with Crippen molar-refractivity contribution in [3.63, 3.8) is 0 Å². The fraction of sp³-hybridized carbons (Fsp3) is 0.368. The van der Waals surface area contributed by atoms with Crippen LogP contribution in [0.25, 0.3) is 0 Å². The molecule has 1 aliphatic carbocycles. The number of fused-ring (bicyclic) bond motifs is 1. The van der Waals surface area contributed by atoms with Crippen molar-refractivity contribution in [2.24, 2.45) is 11.5 Å². The van der Waals surface area contributed by atoms with Crippen LogP contribution in [-0.2, 0) is 12.8 Å². The minimum Gasteiger partial charge on any atom is -0.492 e. The van der Waals surface area contributed by atoms with Gasteiger partial charge in [0, 0.05) is 28.5 Å². The highest BCUT2D eigenvalue weighted by Crippen LogP contribution is 2.37. The van der Waals surface area contributed by atoms with E-state index in [0.717, 1.165) is 30.6 Å². The first kappa shape index (κ1) is 17.6. The first-order valence-electron chi connectivity index (χ1n) is 8.23. The zero-order chi connectivity index (χ0) is 17.1. The van der Waals surface area contributed by atoms with E-state index in [1.54, 1.807) is 6.07 Å². The minimum atomic E-state index is 0.106. The summed E-state index contributed by atoms with van der Waals surface area (Å²) < 4.78 is 5.69. The Hall–Kier alpha value is -1.26. The SMILES string of the molecule is NCCOc1ccc2c(c1)C(Cc1ccc(Cl)cc1Cl)C(N)CC2. The second-order valence-corrected chi connectivity index (χ2v) is 7.09. The highest BCUT2D eigenvalue weighted by Gasteiger charge is 2.28. The van der Waals surface area contributed by atoms with E-state index in [0.29, 0.717) is 23.2 Å². The summed E-state index contributed by atoms with van der Waals surface area (Å²) in [6.07, 6.45) is 2.77. The van der Waals surface area contributed by atoms with Gasteiger partial charge in [-0.05, 0) is 60.2 Å². The summed E-state index contributed by atoms with van der Waals surface area (Å²) >= 11 is 12.4. The number of benzene rings is 2. The van der Waals surface area contributed by atoms with Crippen molar-refractivity contribution in [1.82, 2.24) is 0 Å². The Kier molecular flexibility index (Phi) is 5.67. The number of rotatable bonds is 5. The molecule has 0 aliphatic heterocycles. The summed E-state index contributed by atoms with van der Waals surface area (Å²) in [5.41, 5.74) is 15.6. The average Bonchev–Trinajstić information content (AvgIpc) is 2.57. The first-order chi connectivity index (χ1) is 11.6. The lowest BCUT2D eigenvalue weighted by molar-refractivity contribution is 0.327. The highest BCUT2D eigenvalue weighted by atomic mass is 35.5. The van der Waals surface area contributed by atoms with Gasteiger partial charge in [-0.1, -0.05) is 35.3 Å². The molecule has 0 saturated heterocycles. The maximum atomic E-state index is 6.44. The van der Waals surface area contributed by atoms with Crippen LogP contribution in [0.1, 0.15) is 29.0 Å². The molecule has 0 fully saturated rings. The van der Waals surface area contributed by atoms with Gasteiger partial charge in [-0.15, -0.1) is 0 Å². The van der Waals surface area contributed by atoms with E-state index in [4.69, 9.17) is 39.4 Å². The van der Waals surface area contributed by atoms with E-state index in [1.165, 1.54) is 11.1 Å². The monoisotopic (exact) mass is 364 g/mol. The van der Waals surface area contributed by atoms with Crippen molar-refractivity contribution >= 4 is 23.2 Å². The van der Waals surface area contributed by atoms with Crippen LogP contribution in [-0.4, -0.2) is 19.2 Å². The molecule has 2 aromatic rings. The normalized spacial score (nSPS) is 19.8. The molecule has 0 bridgehead atoms. The molecule has 0 amide bonds. The van der Waals surface area contributed by atoms with Crippen LogP contribution in [0.15, 0.2) is 36.4 Å². The van der Waals surface area contributed by atoms with Gasteiger partial charge in [-0.25, -0.2) is 0 Å². The summed E-state index contributed by atoms with van der Waals surface area (Å²) in [4.78, 5) is 0. The van der Waals surface area contributed by atoms with E-state index in [9.17, 15) is 0 Å². The molecule has 0 spiro atoms. The van der Waals surface area contributed by atoms with E-state index in [2.05, 4.69) is 12.1 Å². The standard InChI is InChI=1S/C19H22Cl2N2O/c20-14-4-1-13(18(21)10-14)9-17-16-11-15(24-8-7-22)5-2-12(16)3-6-19(17)23/h1-2,4-5,10-11,17,19H,3,6-9,22-23H2. The fourth-order valence-electron chi connectivity index (χ4n) is 3.35. The predicted octanol–water partition coefficient (Wildman–Crippen LogP) is 3.93. The van der Waals surface area contributed by atoms with Gasteiger partial charge in [-0.2, -0.15) is 0 Å². The van der Waals surface area contributed by atoms with Gasteiger partial charge in [0.15, 0.2) is 0 Å². The van der Waals surface area contributed by atoms with E-state index in [-0.39, 0.29) is 12.0 Å². The second kappa shape index (κ2) is 7.75. The maximum absolute atomic E-state index is 6.44. The second-order valence-electron chi connectivity index (χ2n) is 6.25. The molecule has 0 aromatic heterocycles. The number of aryl methyl sites for hydroxylation is 1. The zero-order valence-electron chi connectivity index (χ0n) is 13.5. The van der Waals surface area contributed by atoms with Gasteiger partial charge >= 0.3 is 0 Å². The molecular formula is C19H22Cl2N2O. The molecule has 3 rings (SSSR count). The Balaban J connectivity index is 1.90. The van der Waals surface area contributed by atoms with Gasteiger partial charge in [0.05, 0.1) is 0 Å².